The third-order valence-corrected chi connectivity index (χ3v) is 16.9. The van der Waals surface area contributed by atoms with E-state index in [-0.39, 0.29) is 101 Å². The molecule has 0 bridgehead atoms. The number of rotatable bonds is 0. The van der Waals surface area contributed by atoms with Crippen molar-refractivity contribution in [2.75, 3.05) is 0 Å². The maximum atomic E-state index is 11.3. The zero-order chi connectivity index (χ0) is 56.7. The molecule has 14 atom stereocenters. The molecule has 0 aromatic rings. The summed E-state index contributed by atoms with van der Waals surface area (Å²) in [6.45, 7) is 91.5. The molecular formula is C66H132O4. The highest BCUT2D eigenvalue weighted by Gasteiger charge is 2.62. The first kappa shape index (κ1) is 67.9. The van der Waals surface area contributed by atoms with Crippen molar-refractivity contribution in [3.05, 3.63) is 0 Å². The van der Waals surface area contributed by atoms with Gasteiger partial charge in [-0.1, -0.05) is 270 Å². The second kappa shape index (κ2) is 21.0. The van der Waals surface area contributed by atoms with Crippen LogP contribution in [0.15, 0.2) is 0 Å². The third kappa shape index (κ3) is 16.9. The molecule has 0 spiro atoms. The van der Waals surface area contributed by atoms with E-state index in [9.17, 15) is 5.11 Å². The average molecular weight is 990 g/mol. The molecule has 6 unspecified atom stereocenters. The van der Waals surface area contributed by atoms with Crippen LogP contribution < -0.4 is 0 Å². The summed E-state index contributed by atoms with van der Waals surface area (Å²) in [5.74, 6) is 3.38. The molecule has 3 saturated heterocycles. The van der Waals surface area contributed by atoms with Crippen molar-refractivity contribution >= 4 is 0 Å². The molecule has 3 heterocycles. The van der Waals surface area contributed by atoms with Gasteiger partial charge in [-0.25, -0.2) is 0 Å². The first-order chi connectivity index (χ1) is 29.9. The van der Waals surface area contributed by atoms with E-state index in [4.69, 9.17) is 14.2 Å². The van der Waals surface area contributed by atoms with Crippen molar-refractivity contribution in [1.29, 1.82) is 0 Å². The van der Waals surface area contributed by atoms with Crippen LogP contribution in [0.3, 0.4) is 0 Å². The van der Waals surface area contributed by atoms with Crippen LogP contribution in [0.1, 0.15) is 270 Å². The molecule has 1 N–H and O–H groups in total. The summed E-state index contributed by atoms with van der Waals surface area (Å²) in [7, 11) is 0. The molecular weight excluding hydrogens is 857 g/mol. The maximum Gasteiger partial charge on any atom is 0.0889 e. The van der Waals surface area contributed by atoms with E-state index >= 15 is 0 Å². The molecule has 4 nitrogen and oxygen atoms in total. The fourth-order valence-corrected chi connectivity index (χ4v) is 14.1. The van der Waals surface area contributed by atoms with Crippen molar-refractivity contribution in [2.45, 2.75) is 313 Å². The van der Waals surface area contributed by atoms with E-state index in [2.05, 4.69) is 270 Å². The van der Waals surface area contributed by atoms with Gasteiger partial charge in [0.1, 0.15) is 0 Å². The Labute approximate surface area is 442 Å². The van der Waals surface area contributed by atoms with Crippen LogP contribution >= 0.6 is 0 Å². The Morgan fingerprint density at radius 2 is 0.300 bits per heavy atom. The Morgan fingerprint density at radius 1 is 0.171 bits per heavy atom. The summed E-state index contributed by atoms with van der Waals surface area (Å²) in [6, 6.07) is 0. The van der Waals surface area contributed by atoms with Gasteiger partial charge in [0.15, 0.2) is 0 Å². The first-order valence-electron chi connectivity index (χ1n) is 28.6. The van der Waals surface area contributed by atoms with Gasteiger partial charge in [-0.15, -0.1) is 0 Å². The van der Waals surface area contributed by atoms with Gasteiger partial charge >= 0.3 is 0 Å². The average Bonchev–Trinajstić information content (AvgIpc) is 3.48. The summed E-state index contributed by atoms with van der Waals surface area (Å²) in [5, 5.41) is 11.3. The molecule has 0 amide bonds. The van der Waals surface area contributed by atoms with Gasteiger partial charge in [0.25, 0.3) is 0 Å². The lowest BCUT2D eigenvalue weighted by Crippen LogP contribution is -2.63. The number of ether oxygens (including phenoxy) is 3. The normalized spacial score (nSPS) is 33.3. The molecule has 0 aromatic heterocycles. The quantitative estimate of drug-likeness (QED) is 0.263. The second-order valence-corrected chi connectivity index (χ2v) is 37.9. The number of aliphatic hydroxyl groups excluding tert-OH is 1. The van der Waals surface area contributed by atoms with Gasteiger partial charge in [-0.3, -0.25) is 0 Å². The van der Waals surface area contributed by atoms with Crippen molar-refractivity contribution in [3.8, 4) is 0 Å². The Morgan fingerprint density at radius 3 is 0.443 bits per heavy atom. The Hall–Kier alpha value is -0.160. The largest absolute Gasteiger partial charge is 0.390 e. The van der Waals surface area contributed by atoms with Crippen molar-refractivity contribution in [2.24, 2.45) is 112 Å². The van der Waals surface area contributed by atoms with Gasteiger partial charge in [-0.05, 0) is 112 Å². The predicted octanol–water partition coefficient (Wildman–Crippen LogP) is 19.5. The van der Waals surface area contributed by atoms with Crippen LogP contribution in [0, 0.1) is 112 Å². The van der Waals surface area contributed by atoms with E-state index in [1.165, 1.54) is 0 Å². The summed E-state index contributed by atoms with van der Waals surface area (Å²) >= 11 is 0. The van der Waals surface area contributed by atoms with E-state index in [1.807, 2.05) is 0 Å². The standard InChI is InChI=1S/C25H50O.C21H42O2.C20H40O/c1-21(2,3)16-17(22(4,5)6)19(24(10,11)12)26-20(25(13,14)15)18(16)23(7,8)9;1-18(2,3)13-14(19(4,5)6)16(20(7,8)9)23-17(15(13)22)21(10,11)12;1-17(2,3)13-14(18(4,5)6)16(20(10,11)12)21-15(13)19(7,8)9/h16-20H,1-15H3;13-17,22H,1-12H3;13-16H,1-12H3/t16?,17-,18?,19?,20+;13-,14-,15?,16?,17+;13-,14?,15-,16-/m000/s1. The summed E-state index contributed by atoms with van der Waals surface area (Å²) in [4.78, 5) is 0. The molecule has 3 rings (SSSR count). The Kier molecular flexibility index (Phi) is 20.4. The van der Waals surface area contributed by atoms with E-state index < -0.39 is 6.10 Å². The highest BCUT2D eigenvalue weighted by Crippen LogP contribution is 2.62. The van der Waals surface area contributed by atoms with Gasteiger partial charge in [0, 0.05) is 0 Å². The molecule has 0 aromatic carbocycles. The van der Waals surface area contributed by atoms with Gasteiger partial charge in [0.05, 0.1) is 42.7 Å². The van der Waals surface area contributed by atoms with Crippen LogP contribution in [-0.4, -0.2) is 47.8 Å². The summed E-state index contributed by atoms with van der Waals surface area (Å²) in [6.07, 6.45) is 0.771. The number of aliphatic hydroxyl groups is 1. The lowest BCUT2D eigenvalue weighted by atomic mass is 9.48. The molecule has 3 aliphatic rings. The highest BCUT2D eigenvalue weighted by atomic mass is 16.5. The zero-order valence-electron chi connectivity index (χ0n) is 55.3. The number of hydrogen-bond acceptors (Lipinski definition) is 4. The minimum Gasteiger partial charge on any atom is -0.390 e. The summed E-state index contributed by atoms with van der Waals surface area (Å²) < 4.78 is 20.5. The predicted molar refractivity (Wildman–Crippen MR) is 309 cm³/mol. The smallest absolute Gasteiger partial charge is 0.0889 e. The fourth-order valence-electron chi connectivity index (χ4n) is 14.1. The molecule has 0 aliphatic carbocycles. The molecule has 0 saturated carbocycles. The first-order valence-corrected chi connectivity index (χ1v) is 28.6. The van der Waals surface area contributed by atoms with E-state index in [1.54, 1.807) is 0 Å². The molecule has 420 valence electrons. The van der Waals surface area contributed by atoms with E-state index in [0.29, 0.717) is 47.7 Å². The molecule has 4 heteroatoms. The van der Waals surface area contributed by atoms with Crippen LogP contribution in [0.2, 0.25) is 0 Å². The van der Waals surface area contributed by atoms with E-state index in [0.717, 1.165) is 0 Å². The Balaban J connectivity index is 0.000000528. The monoisotopic (exact) mass is 989 g/mol. The topological polar surface area (TPSA) is 47.9 Å². The van der Waals surface area contributed by atoms with Gasteiger partial charge in [0.2, 0.25) is 0 Å². The van der Waals surface area contributed by atoms with Crippen LogP contribution in [0.5, 0.6) is 0 Å². The minimum atomic E-state index is -0.433. The third-order valence-electron chi connectivity index (χ3n) is 16.9. The highest BCUT2D eigenvalue weighted by molar-refractivity contribution is 5.09. The van der Waals surface area contributed by atoms with Crippen LogP contribution in [0.25, 0.3) is 0 Å². The maximum absolute atomic E-state index is 11.3. The van der Waals surface area contributed by atoms with Crippen LogP contribution in [0.4, 0.5) is 0 Å². The van der Waals surface area contributed by atoms with Gasteiger partial charge in [-0.2, -0.15) is 0 Å². The minimum absolute atomic E-state index is 0.0359. The molecule has 3 fully saturated rings. The van der Waals surface area contributed by atoms with Crippen molar-refractivity contribution < 1.29 is 19.3 Å². The molecule has 0 radical (unpaired) electrons. The fraction of sp³-hybridized carbons (Fsp3) is 1.00. The van der Waals surface area contributed by atoms with Crippen LogP contribution in [-0.2, 0) is 14.2 Å². The number of hydrogen-bond donors (Lipinski definition) is 1. The zero-order valence-corrected chi connectivity index (χ0v) is 55.3. The lowest BCUT2D eigenvalue weighted by molar-refractivity contribution is -0.264. The lowest BCUT2D eigenvalue weighted by Gasteiger charge is -2.63. The molecule has 70 heavy (non-hydrogen) atoms. The molecule has 3 aliphatic heterocycles. The van der Waals surface area contributed by atoms with Crippen molar-refractivity contribution in [1.82, 2.24) is 0 Å². The van der Waals surface area contributed by atoms with Crippen molar-refractivity contribution in [3.63, 3.8) is 0 Å². The summed E-state index contributed by atoms with van der Waals surface area (Å²) in [5.41, 5.74) is 1.90. The Bertz CT molecular complexity index is 1530. The van der Waals surface area contributed by atoms with Gasteiger partial charge < -0.3 is 19.3 Å². The SMILES string of the molecule is CC(C)(C)C1O[C@@H](C(C)(C)C)C(C(C)(C)C)C(C(C)(C)C)[C@@H]1C(C)(C)C.CC(C)(C)C1O[C@@H](C(C)(C)C)C(O)[C@@H](C(C)(C)C)[C@@H]1C(C)(C)C.CC(C)(C)C1[C@@H](C(C)(C)C)O[C@H](C(C)(C)C)[C@H]1C(C)(C)C. The second-order valence-electron chi connectivity index (χ2n) is 37.9.